The number of carbonyl (C=O) groups is 1. The van der Waals surface area contributed by atoms with Crippen LogP contribution in [-0.2, 0) is 14.8 Å². The molecule has 4 aliphatic rings. The summed E-state index contributed by atoms with van der Waals surface area (Å²) in [4.78, 5) is 14.7. The third kappa shape index (κ3) is 2.39. The second kappa shape index (κ2) is 5.19. The summed E-state index contributed by atoms with van der Waals surface area (Å²) in [6, 6.07) is 0.120. The maximum Gasteiger partial charge on any atom is 0.256 e. The van der Waals surface area contributed by atoms with Crippen molar-refractivity contribution in [2.45, 2.75) is 46.1 Å². The van der Waals surface area contributed by atoms with Gasteiger partial charge in [-0.05, 0) is 48.2 Å². The zero-order valence-electron chi connectivity index (χ0n) is 14.9. The number of amides is 1. The number of nitrogens with zero attached hydrogens (tertiary/aromatic N) is 2. The van der Waals surface area contributed by atoms with Gasteiger partial charge in [0.2, 0.25) is 0 Å². The van der Waals surface area contributed by atoms with Gasteiger partial charge in [-0.3, -0.25) is 4.79 Å². The smallest absolute Gasteiger partial charge is 0.256 e. The van der Waals surface area contributed by atoms with Crippen LogP contribution in [0.1, 0.15) is 40.0 Å². The fourth-order valence-electron chi connectivity index (χ4n) is 5.05. The first-order valence-corrected chi connectivity index (χ1v) is 10.5. The van der Waals surface area contributed by atoms with Gasteiger partial charge >= 0.3 is 0 Å². The van der Waals surface area contributed by atoms with Crippen LogP contribution in [0.2, 0.25) is 0 Å². The average molecular weight is 363 g/mol. The Labute approximate surface area is 149 Å². The second-order valence-electron chi connectivity index (χ2n) is 8.45. The minimum absolute atomic E-state index is 0.0215. The number of amidine groups is 1. The molecule has 25 heavy (non-hydrogen) atoms. The highest BCUT2D eigenvalue weighted by molar-refractivity contribution is 7.90. The molecule has 1 N–H and O–H groups in total. The lowest BCUT2D eigenvalue weighted by Crippen LogP contribution is -2.49. The van der Waals surface area contributed by atoms with Crippen molar-refractivity contribution in [1.29, 1.82) is 0 Å². The predicted molar refractivity (Wildman–Crippen MR) is 96.3 cm³/mol. The van der Waals surface area contributed by atoms with Gasteiger partial charge in [0.25, 0.3) is 15.9 Å². The van der Waals surface area contributed by atoms with Gasteiger partial charge in [0, 0.05) is 18.8 Å². The molecule has 2 fully saturated rings. The van der Waals surface area contributed by atoms with E-state index in [-0.39, 0.29) is 34.4 Å². The molecule has 0 aromatic carbocycles. The van der Waals surface area contributed by atoms with Crippen molar-refractivity contribution in [3.63, 3.8) is 0 Å². The normalized spacial score (nSPS) is 37.3. The lowest BCUT2D eigenvalue weighted by molar-refractivity contribution is -0.118. The summed E-state index contributed by atoms with van der Waals surface area (Å²) in [7, 11) is -3.49. The molecule has 3 atom stereocenters. The molecule has 0 aromatic heterocycles. The second-order valence-corrected chi connectivity index (χ2v) is 10.2. The summed E-state index contributed by atoms with van der Waals surface area (Å²) < 4.78 is 27.6. The fraction of sp³-hybridized carbons (Fsp3) is 0.667. The minimum Gasteiger partial charge on any atom is -0.349 e. The topological polar surface area (TPSA) is 78.8 Å². The highest BCUT2D eigenvalue weighted by Crippen LogP contribution is 2.65. The van der Waals surface area contributed by atoms with E-state index in [2.05, 4.69) is 30.5 Å². The lowest BCUT2D eigenvalue weighted by atomic mass is 9.69. The molecule has 3 unspecified atom stereocenters. The molecular weight excluding hydrogens is 338 g/mol. The van der Waals surface area contributed by atoms with Crippen molar-refractivity contribution in [3.05, 3.63) is 23.9 Å². The maximum atomic E-state index is 12.9. The van der Waals surface area contributed by atoms with Gasteiger partial charge < -0.3 is 10.2 Å². The molecule has 1 amide bonds. The SMILES string of the molecule is CC1(C)C2CCC1(C)C(NC(=O)C1=CC=CN3CCS(=O)(=O)N=C13)C2. The highest BCUT2D eigenvalue weighted by atomic mass is 32.2. The Morgan fingerprint density at radius 2 is 2.12 bits per heavy atom. The monoisotopic (exact) mass is 363 g/mol. The predicted octanol–water partition coefficient (Wildman–Crippen LogP) is 1.81. The third-order valence-corrected chi connectivity index (χ3v) is 8.35. The maximum absolute atomic E-state index is 12.9. The fourth-order valence-corrected chi connectivity index (χ4v) is 6.04. The van der Waals surface area contributed by atoms with E-state index in [0.29, 0.717) is 18.0 Å². The van der Waals surface area contributed by atoms with Crippen molar-refractivity contribution in [3.8, 4) is 0 Å². The van der Waals surface area contributed by atoms with E-state index < -0.39 is 10.0 Å². The minimum atomic E-state index is -3.49. The van der Waals surface area contributed by atoms with E-state index >= 15 is 0 Å². The van der Waals surface area contributed by atoms with Gasteiger partial charge in [-0.1, -0.05) is 20.8 Å². The van der Waals surface area contributed by atoms with Crippen LogP contribution in [0.3, 0.4) is 0 Å². The van der Waals surface area contributed by atoms with Crippen LogP contribution in [0.15, 0.2) is 28.3 Å². The van der Waals surface area contributed by atoms with Gasteiger partial charge in [0.1, 0.15) is 0 Å². The van der Waals surface area contributed by atoms with Gasteiger partial charge in [0.15, 0.2) is 5.84 Å². The van der Waals surface area contributed by atoms with Gasteiger partial charge in [0.05, 0.1) is 11.3 Å². The van der Waals surface area contributed by atoms with Crippen LogP contribution >= 0.6 is 0 Å². The van der Waals surface area contributed by atoms with Crippen LogP contribution < -0.4 is 5.32 Å². The van der Waals surface area contributed by atoms with E-state index in [1.54, 1.807) is 23.3 Å². The van der Waals surface area contributed by atoms with Crippen LogP contribution in [0.4, 0.5) is 0 Å². The molecule has 0 aromatic rings. The van der Waals surface area contributed by atoms with Gasteiger partial charge in [-0.2, -0.15) is 0 Å². The van der Waals surface area contributed by atoms with Gasteiger partial charge in [-0.15, -0.1) is 4.40 Å². The van der Waals surface area contributed by atoms with E-state index in [0.717, 1.165) is 12.8 Å². The number of sulfonamides is 1. The van der Waals surface area contributed by atoms with Gasteiger partial charge in [-0.25, -0.2) is 8.42 Å². The van der Waals surface area contributed by atoms with E-state index in [1.807, 2.05) is 0 Å². The molecule has 2 saturated carbocycles. The highest BCUT2D eigenvalue weighted by Gasteiger charge is 2.61. The number of allylic oxidation sites excluding steroid dienone is 2. The summed E-state index contributed by atoms with van der Waals surface area (Å²) >= 11 is 0. The molecule has 136 valence electrons. The summed E-state index contributed by atoms with van der Waals surface area (Å²) in [5.74, 6) is 0.636. The van der Waals surface area contributed by atoms with Crippen molar-refractivity contribution in [2.24, 2.45) is 21.1 Å². The number of nitrogens with one attached hydrogen (secondary N) is 1. The molecule has 0 spiro atoms. The van der Waals surface area contributed by atoms with Crippen molar-refractivity contribution in [1.82, 2.24) is 10.2 Å². The Hall–Kier alpha value is -1.63. The number of hydrogen-bond acceptors (Lipinski definition) is 4. The third-order valence-electron chi connectivity index (χ3n) is 7.20. The number of fused-ring (bicyclic) bond motifs is 3. The quantitative estimate of drug-likeness (QED) is 0.812. The van der Waals surface area contributed by atoms with E-state index in [4.69, 9.17) is 0 Å². The van der Waals surface area contributed by atoms with Crippen LogP contribution in [-0.4, -0.2) is 43.4 Å². The first-order chi connectivity index (χ1) is 11.6. The Bertz CT molecular complexity index is 825. The van der Waals surface area contributed by atoms with Crippen molar-refractivity contribution >= 4 is 21.8 Å². The Morgan fingerprint density at radius 1 is 1.36 bits per heavy atom. The Kier molecular flexibility index (Phi) is 3.49. The summed E-state index contributed by atoms with van der Waals surface area (Å²) in [5, 5.41) is 3.19. The molecule has 2 bridgehead atoms. The Morgan fingerprint density at radius 3 is 2.76 bits per heavy atom. The zero-order valence-corrected chi connectivity index (χ0v) is 15.8. The number of carbonyl (C=O) groups excluding carboxylic acids is 1. The lowest BCUT2D eigenvalue weighted by Gasteiger charge is -2.39. The molecule has 6 nitrogen and oxygen atoms in total. The summed E-state index contributed by atoms with van der Waals surface area (Å²) in [6.07, 6.45) is 8.54. The Balaban J connectivity index is 1.59. The summed E-state index contributed by atoms with van der Waals surface area (Å²) in [5.41, 5.74) is 0.636. The van der Waals surface area contributed by atoms with Crippen LogP contribution in [0, 0.1) is 16.7 Å². The average Bonchev–Trinajstić information content (AvgIpc) is 2.86. The molecule has 4 rings (SSSR count). The van der Waals surface area contributed by atoms with Crippen LogP contribution in [0.5, 0.6) is 0 Å². The summed E-state index contributed by atoms with van der Waals surface area (Å²) in [6.45, 7) is 7.21. The zero-order chi connectivity index (χ0) is 18.0. The molecule has 2 aliphatic heterocycles. The molecular formula is C18H25N3O3S. The molecule has 0 saturated heterocycles. The first kappa shape index (κ1) is 16.8. The van der Waals surface area contributed by atoms with Crippen molar-refractivity contribution < 1.29 is 13.2 Å². The number of hydrogen-bond donors (Lipinski definition) is 1. The molecule has 2 aliphatic carbocycles. The van der Waals surface area contributed by atoms with Crippen LogP contribution in [0.25, 0.3) is 0 Å². The number of rotatable bonds is 2. The molecule has 0 radical (unpaired) electrons. The largest absolute Gasteiger partial charge is 0.349 e. The first-order valence-electron chi connectivity index (χ1n) is 8.93. The standard InChI is InChI=1S/C18H25N3O3S/c1-17(2)12-6-7-18(17,3)14(11-12)19-16(22)13-5-4-8-21-9-10-25(23,24)20-15(13)21/h4-5,8,12,14H,6-7,9-11H2,1-3H3,(H,19,22). The van der Waals surface area contributed by atoms with Crippen molar-refractivity contribution in [2.75, 3.05) is 12.3 Å². The van der Waals surface area contributed by atoms with E-state index in [9.17, 15) is 13.2 Å². The molecule has 2 heterocycles. The van der Waals surface area contributed by atoms with E-state index in [1.165, 1.54) is 6.42 Å². The molecule has 7 heteroatoms.